The van der Waals surface area contributed by atoms with Crippen molar-refractivity contribution >= 4 is 44.9 Å². The number of sulfonamides is 1. The van der Waals surface area contributed by atoms with Gasteiger partial charge in [0.2, 0.25) is 0 Å². The number of anilines is 2. The number of amides is 1. The second kappa shape index (κ2) is 9.02. The molecular formula is C26H23ClN2O5S. The molecular weight excluding hydrogens is 488 g/mol. The summed E-state index contributed by atoms with van der Waals surface area (Å²) < 4.78 is 33.4. The summed E-state index contributed by atoms with van der Waals surface area (Å²) in [4.78, 5) is 27.1. The Hall–Kier alpha value is -3.36. The van der Waals surface area contributed by atoms with Gasteiger partial charge in [0, 0.05) is 18.3 Å². The van der Waals surface area contributed by atoms with E-state index < -0.39 is 22.6 Å². The largest absolute Gasteiger partial charge is 0.452 e. The topological polar surface area (TPSA) is 84.0 Å². The zero-order valence-corrected chi connectivity index (χ0v) is 20.6. The molecule has 0 saturated carbocycles. The van der Waals surface area contributed by atoms with Crippen LogP contribution in [0.25, 0.3) is 0 Å². The van der Waals surface area contributed by atoms with Crippen molar-refractivity contribution < 1.29 is 22.7 Å². The summed E-state index contributed by atoms with van der Waals surface area (Å²) >= 11 is 6.25. The zero-order valence-electron chi connectivity index (χ0n) is 19.0. The van der Waals surface area contributed by atoms with Crippen LogP contribution in [0.2, 0.25) is 5.02 Å². The molecule has 1 atom stereocenters. The van der Waals surface area contributed by atoms with Crippen LogP contribution in [0.15, 0.2) is 71.6 Å². The van der Waals surface area contributed by atoms with E-state index in [1.165, 1.54) is 22.5 Å². The zero-order chi connectivity index (χ0) is 24.7. The molecule has 2 aliphatic rings. The van der Waals surface area contributed by atoms with E-state index >= 15 is 0 Å². The summed E-state index contributed by atoms with van der Waals surface area (Å²) in [6.45, 7) is 1.77. The number of halogens is 1. The van der Waals surface area contributed by atoms with E-state index in [0.717, 1.165) is 23.2 Å². The second-order valence-electron chi connectivity index (χ2n) is 8.62. The van der Waals surface area contributed by atoms with Gasteiger partial charge in [-0.05, 0) is 61.2 Å². The molecule has 35 heavy (non-hydrogen) atoms. The summed E-state index contributed by atoms with van der Waals surface area (Å²) in [6.07, 6.45) is 1.32. The number of benzene rings is 3. The maximum absolute atomic E-state index is 13.4. The van der Waals surface area contributed by atoms with Crippen LogP contribution in [0.1, 0.15) is 28.4 Å². The molecule has 3 aromatic carbocycles. The average molecular weight is 511 g/mol. The fourth-order valence-electron chi connectivity index (χ4n) is 4.73. The minimum absolute atomic E-state index is 0.00290. The number of hydrogen-bond donors (Lipinski definition) is 0. The monoisotopic (exact) mass is 510 g/mol. The normalized spacial score (nSPS) is 16.7. The molecule has 1 amide bonds. The Morgan fingerprint density at radius 1 is 1.00 bits per heavy atom. The van der Waals surface area contributed by atoms with E-state index in [4.69, 9.17) is 16.3 Å². The minimum Gasteiger partial charge on any atom is -0.452 e. The standard InChI is InChI=1S/C26H23ClN2O5S/c1-17-14-19-7-3-5-9-23(19)29(17)25(30)16-34-26(31)20-10-11-21(27)24(15-20)35(32,33)28-13-12-18-6-2-4-8-22(18)28/h2-11,15,17H,12-14,16H2,1H3. The number of fused-ring (bicyclic) bond motifs is 2. The molecule has 0 saturated heterocycles. The number of para-hydroxylation sites is 2. The first kappa shape index (κ1) is 23.4. The maximum atomic E-state index is 13.4. The van der Waals surface area contributed by atoms with Gasteiger partial charge >= 0.3 is 5.97 Å². The molecule has 180 valence electrons. The van der Waals surface area contributed by atoms with E-state index in [-0.39, 0.29) is 34.0 Å². The lowest BCUT2D eigenvalue weighted by molar-refractivity contribution is -0.122. The van der Waals surface area contributed by atoms with Crippen molar-refractivity contribution in [3.63, 3.8) is 0 Å². The molecule has 1 unspecified atom stereocenters. The SMILES string of the molecule is CC1Cc2ccccc2N1C(=O)COC(=O)c1ccc(Cl)c(S(=O)(=O)N2CCc3ccccc32)c1. The van der Waals surface area contributed by atoms with Crippen LogP contribution in [-0.4, -0.2) is 39.5 Å². The summed E-state index contributed by atoms with van der Waals surface area (Å²) in [6, 6.07) is 18.8. The highest BCUT2D eigenvalue weighted by molar-refractivity contribution is 7.93. The molecule has 3 aromatic rings. The van der Waals surface area contributed by atoms with Gasteiger partial charge in [-0.1, -0.05) is 48.0 Å². The molecule has 0 radical (unpaired) electrons. The lowest BCUT2D eigenvalue weighted by Crippen LogP contribution is -2.38. The number of ether oxygens (including phenoxy) is 1. The Morgan fingerprint density at radius 2 is 1.69 bits per heavy atom. The average Bonchev–Trinajstić information content (AvgIpc) is 3.43. The number of carbonyl (C=O) groups excluding carboxylic acids is 2. The van der Waals surface area contributed by atoms with Gasteiger partial charge < -0.3 is 9.64 Å². The summed E-state index contributed by atoms with van der Waals surface area (Å²) in [5.74, 6) is -1.14. The Balaban J connectivity index is 1.34. The van der Waals surface area contributed by atoms with Crippen LogP contribution in [0.5, 0.6) is 0 Å². The van der Waals surface area contributed by atoms with Gasteiger partial charge in [0.25, 0.3) is 15.9 Å². The molecule has 5 rings (SSSR count). The van der Waals surface area contributed by atoms with Gasteiger partial charge in [0.1, 0.15) is 4.90 Å². The molecule has 9 heteroatoms. The van der Waals surface area contributed by atoms with E-state index in [9.17, 15) is 18.0 Å². The molecule has 0 fully saturated rings. The number of rotatable bonds is 5. The first-order valence-corrected chi connectivity index (χ1v) is 13.1. The molecule has 0 spiro atoms. The highest BCUT2D eigenvalue weighted by Gasteiger charge is 2.34. The second-order valence-corrected chi connectivity index (χ2v) is 10.9. The Morgan fingerprint density at radius 3 is 2.46 bits per heavy atom. The van der Waals surface area contributed by atoms with Gasteiger partial charge in [-0.25, -0.2) is 13.2 Å². The lowest BCUT2D eigenvalue weighted by atomic mass is 10.1. The predicted octanol–water partition coefficient (Wildman–Crippen LogP) is 4.23. The molecule has 0 aliphatic carbocycles. The third-order valence-electron chi connectivity index (χ3n) is 6.38. The van der Waals surface area contributed by atoms with Crippen LogP contribution in [0, 0.1) is 0 Å². The van der Waals surface area contributed by atoms with Crippen molar-refractivity contribution in [2.75, 3.05) is 22.4 Å². The summed E-state index contributed by atoms with van der Waals surface area (Å²) in [5, 5.41) is 0.00417. The Kier molecular flexibility index (Phi) is 6.02. The fraction of sp³-hybridized carbons (Fsp3) is 0.231. The van der Waals surface area contributed by atoms with Crippen molar-refractivity contribution in [1.82, 2.24) is 0 Å². The Labute approximate surface area is 208 Å². The summed E-state index contributed by atoms with van der Waals surface area (Å²) in [7, 11) is -4.01. The van der Waals surface area contributed by atoms with Gasteiger partial charge in [0.05, 0.1) is 16.3 Å². The number of carbonyl (C=O) groups is 2. The molecule has 2 heterocycles. The molecule has 0 bridgehead atoms. The Bertz CT molecular complexity index is 1440. The van der Waals surface area contributed by atoms with Crippen LogP contribution >= 0.6 is 11.6 Å². The maximum Gasteiger partial charge on any atom is 0.338 e. The van der Waals surface area contributed by atoms with E-state index in [1.807, 2.05) is 43.3 Å². The van der Waals surface area contributed by atoms with Crippen molar-refractivity contribution in [2.45, 2.75) is 30.7 Å². The van der Waals surface area contributed by atoms with E-state index in [2.05, 4.69) is 0 Å². The van der Waals surface area contributed by atoms with Crippen molar-refractivity contribution in [3.05, 3.63) is 88.4 Å². The quantitative estimate of drug-likeness (QED) is 0.480. The first-order chi connectivity index (χ1) is 16.8. The van der Waals surface area contributed by atoms with Crippen molar-refractivity contribution in [3.8, 4) is 0 Å². The first-order valence-electron chi connectivity index (χ1n) is 11.2. The lowest BCUT2D eigenvalue weighted by Gasteiger charge is -2.22. The van der Waals surface area contributed by atoms with Crippen molar-refractivity contribution in [2.24, 2.45) is 0 Å². The number of hydrogen-bond acceptors (Lipinski definition) is 5. The minimum atomic E-state index is -4.01. The predicted molar refractivity (Wildman–Crippen MR) is 134 cm³/mol. The van der Waals surface area contributed by atoms with Gasteiger partial charge in [-0.3, -0.25) is 9.10 Å². The van der Waals surface area contributed by atoms with Crippen LogP contribution < -0.4 is 9.21 Å². The van der Waals surface area contributed by atoms with E-state index in [1.54, 1.807) is 17.0 Å². The van der Waals surface area contributed by atoms with Crippen LogP contribution in [0.4, 0.5) is 11.4 Å². The smallest absolute Gasteiger partial charge is 0.338 e. The molecule has 7 nitrogen and oxygen atoms in total. The molecule has 0 N–H and O–H groups in total. The number of nitrogens with zero attached hydrogens (tertiary/aromatic N) is 2. The van der Waals surface area contributed by atoms with Crippen LogP contribution in [-0.2, 0) is 32.4 Å². The number of esters is 1. The van der Waals surface area contributed by atoms with Gasteiger partial charge in [0.15, 0.2) is 6.61 Å². The van der Waals surface area contributed by atoms with Gasteiger partial charge in [-0.15, -0.1) is 0 Å². The fourth-order valence-corrected chi connectivity index (χ4v) is 6.74. The third-order valence-corrected chi connectivity index (χ3v) is 8.68. The third kappa shape index (κ3) is 4.17. The highest BCUT2D eigenvalue weighted by Crippen LogP contribution is 2.35. The van der Waals surface area contributed by atoms with Crippen molar-refractivity contribution in [1.29, 1.82) is 0 Å². The van der Waals surface area contributed by atoms with Crippen LogP contribution in [0.3, 0.4) is 0 Å². The van der Waals surface area contributed by atoms with Gasteiger partial charge in [-0.2, -0.15) is 0 Å². The molecule has 2 aliphatic heterocycles. The molecule has 0 aromatic heterocycles. The summed E-state index contributed by atoms with van der Waals surface area (Å²) in [5.41, 5.74) is 3.41. The highest BCUT2D eigenvalue weighted by atomic mass is 35.5. The van der Waals surface area contributed by atoms with E-state index in [0.29, 0.717) is 12.1 Å².